The van der Waals surface area contributed by atoms with Crippen molar-refractivity contribution in [2.24, 2.45) is 11.3 Å². The molecule has 0 saturated carbocycles. The third-order valence-corrected chi connectivity index (χ3v) is 2.24. The molecule has 0 aliphatic rings. The van der Waals surface area contributed by atoms with E-state index < -0.39 is 0 Å². The predicted molar refractivity (Wildman–Crippen MR) is 76.9 cm³/mol. The van der Waals surface area contributed by atoms with Crippen LogP contribution < -0.4 is 15.8 Å². The molecule has 1 aromatic rings. The summed E-state index contributed by atoms with van der Waals surface area (Å²) < 4.78 is 5.59. The van der Waals surface area contributed by atoms with Gasteiger partial charge in [-0.2, -0.15) is 4.98 Å². The number of pyridine rings is 1. The van der Waals surface area contributed by atoms with E-state index in [1.807, 2.05) is 12.1 Å². The molecule has 102 valence electrons. The van der Waals surface area contributed by atoms with Crippen molar-refractivity contribution in [3.8, 4) is 5.88 Å². The molecule has 4 nitrogen and oxygen atoms in total. The Morgan fingerprint density at radius 1 is 1.33 bits per heavy atom. The summed E-state index contributed by atoms with van der Waals surface area (Å²) in [5, 5.41) is 3.29. The Hall–Kier alpha value is -1.45. The number of nitrogen functional groups attached to an aromatic ring is 1. The summed E-state index contributed by atoms with van der Waals surface area (Å²) in [5.41, 5.74) is 6.63. The van der Waals surface area contributed by atoms with E-state index in [9.17, 15) is 0 Å². The molecule has 0 spiro atoms. The molecule has 3 N–H and O–H groups in total. The van der Waals surface area contributed by atoms with Gasteiger partial charge in [-0.1, -0.05) is 34.6 Å². The molecule has 0 saturated heterocycles. The topological polar surface area (TPSA) is 60.2 Å². The van der Waals surface area contributed by atoms with Gasteiger partial charge in [0, 0.05) is 6.54 Å². The van der Waals surface area contributed by atoms with Gasteiger partial charge in [0.15, 0.2) is 0 Å². The highest BCUT2D eigenvalue weighted by molar-refractivity contribution is 5.53. The van der Waals surface area contributed by atoms with Gasteiger partial charge in [0.25, 0.3) is 0 Å². The number of ether oxygens (including phenoxy) is 1. The lowest BCUT2D eigenvalue weighted by Crippen LogP contribution is -2.19. The van der Waals surface area contributed by atoms with E-state index in [-0.39, 0.29) is 5.41 Å². The zero-order valence-corrected chi connectivity index (χ0v) is 12.1. The van der Waals surface area contributed by atoms with Crippen molar-refractivity contribution in [1.82, 2.24) is 4.98 Å². The number of anilines is 2. The lowest BCUT2D eigenvalue weighted by atomic mass is 9.97. The minimum Gasteiger partial charge on any atom is -0.476 e. The van der Waals surface area contributed by atoms with Crippen LogP contribution in [0.5, 0.6) is 5.88 Å². The minimum atomic E-state index is 0.210. The monoisotopic (exact) mass is 251 g/mol. The van der Waals surface area contributed by atoms with E-state index >= 15 is 0 Å². The molecule has 1 heterocycles. The fourth-order valence-electron chi connectivity index (χ4n) is 1.27. The van der Waals surface area contributed by atoms with Crippen LogP contribution in [-0.2, 0) is 0 Å². The molecule has 0 aliphatic heterocycles. The third-order valence-electron chi connectivity index (χ3n) is 2.24. The van der Waals surface area contributed by atoms with Crippen molar-refractivity contribution in [1.29, 1.82) is 0 Å². The summed E-state index contributed by atoms with van der Waals surface area (Å²) >= 11 is 0. The molecular formula is C14H25N3O. The van der Waals surface area contributed by atoms with Gasteiger partial charge in [0.1, 0.15) is 5.82 Å². The lowest BCUT2D eigenvalue weighted by Gasteiger charge is -2.19. The van der Waals surface area contributed by atoms with E-state index in [4.69, 9.17) is 10.5 Å². The summed E-state index contributed by atoms with van der Waals surface area (Å²) in [6, 6.07) is 3.71. The standard InChI is InChI=1S/C14H25N3O/c1-10(2)8-18-13-11(15)6-7-12(17-13)16-9-14(3,4)5/h6-7,10H,8-9,15H2,1-5H3,(H,16,17). The Balaban J connectivity index is 2.68. The normalized spacial score (nSPS) is 11.7. The highest BCUT2D eigenvalue weighted by atomic mass is 16.5. The number of hydrogen-bond acceptors (Lipinski definition) is 4. The van der Waals surface area contributed by atoms with Gasteiger partial charge in [-0.25, -0.2) is 0 Å². The van der Waals surface area contributed by atoms with E-state index in [1.54, 1.807) is 0 Å². The van der Waals surface area contributed by atoms with E-state index in [0.717, 1.165) is 12.4 Å². The Morgan fingerprint density at radius 3 is 2.56 bits per heavy atom. The van der Waals surface area contributed by atoms with Crippen molar-refractivity contribution in [2.45, 2.75) is 34.6 Å². The quantitative estimate of drug-likeness (QED) is 0.844. The Kier molecular flexibility index (Phi) is 4.82. The van der Waals surface area contributed by atoms with Crippen LogP contribution in [-0.4, -0.2) is 18.1 Å². The lowest BCUT2D eigenvalue weighted by molar-refractivity contribution is 0.263. The van der Waals surface area contributed by atoms with Crippen LogP contribution in [0.3, 0.4) is 0 Å². The maximum atomic E-state index is 5.84. The first-order valence-corrected chi connectivity index (χ1v) is 6.41. The summed E-state index contributed by atoms with van der Waals surface area (Å²) in [4.78, 5) is 4.39. The summed E-state index contributed by atoms with van der Waals surface area (Å²) in [6.07, 6.45) is 0. The average molecular weight is 251 g/mol. The smallest absolute Gasteiger partial charge is 0.239 e. The van der Waals surface area contributed by atoms with Crippen molar-refractivity contribution in [3.05, 3.63) is 12.1 Å². The van der Waals surface area contributed by atoms with Crippen molar-refractivity contribution >= 4 is 11.5 Å². The predicted octanol–water partition coefficient (Wildman–Crippen LogP) is 3.16. The van der Waals surface area contributed by atoms with Gasteiger partial charge in [0.05, 0.1) is 12.3 Å². The second-order valence-corrected chi connectivity index (χ2v) is 6.21. The molecule has 0 radical (unpaired) electrons. The van der Waals surface area contributed by atoms with Gasteiger partial charge in [-0.3, -0.25) is 0 Å². The first kappa shape index (κ1) is 14.6. The number of rotatable bonds is 5. The Bertz CT molecular complexity index is 383. The second kappa shape index (κ2) is 5.94. The van der Waals surface area contributed by atoms with Crippen LogP contribution in [0.1, 0.15) is 34.6 Å². The SMILES string of the molecule is CC(C)COc1nc(NCC(C)(C)C)ccc1N. The fraction of sp³-hybridized carbons (Fsp3) is 0.643. The molecule has 0 aromatic carbocycles. The highest BCUT2D eigenvalue weighted by Gasteiger charge is 2.11. The third kappa shape index (κ3) is 5.25. The summed E-state index contributed by atoms with van der Waals surface area (Å²) in [7, 11) is 0. The summed E-state index contributed by atoms with van der Waals surface area (Å²) in [6.45, 7) is 12.2. The Morgan fingerprint density at radius 2 is 2.00 bits per heavy atom. The molecule has 0 fully saturated rings. The number of aromatic nitrogens is 1. The zero-order chi connectivity index (χ0) is 13.8. The molecule has 0 amide bonds. The Labute approximate surface area is 110 Å². The van der Waals surface area contributed by atoms with Gasteiger partial charge >= 0.3 is 0 Å². The number of nitrogens with one attached hydrogen (secondary N) is 1. The summed E-state index contributed by atoms with van der Waals surface area (Å²) in [5.74, 6) is 1.78. The molecule has 1 aromatic heterocycles. The first-order chi connectivity index (χ1) is 8.28. The average Bonchev–Trinajstić information content (AvgIpc) is 2.25. The molecule has 18 heavy (non-hydrogen) atoms. The number of nitrogens with zero attached hydrogens (tertiary/aromatic N) is 1. The van der Waals surface area contributed by atoms with Crippen LogP contribution in [0, 0.1) is 11.3 Å². The molecule has 0 atom stereocenters. The largest absolute Gasteiger partial charge is 0.476 e. The number of nitrogens with two attached hydrogens (primary N) is 1. The molecule has 0 bridgehead atoms. The van der Waals surface area contributed by atoms with Crippen LogP contribution in [0.2, 0.25) is 0 Å². The van der Waals surface area contributed by atoms with Gasteiger partial charge in [-0.15, -0.1) is 0 Å². The van der Waals surface area contributed by atoms with Crippen molar-refractivity contribution in [3.63, 3.8) is 0 Å². The highest BCUT2D eigenvalue weighted by Crippen LogP contribution is 2.22. The maximum Gasteiger partial charge on any atom is 0.239 e. The van der Waals surface area contributed by atoms with Crippen LogP contribution in [0.15, 0.2) is 12.1 Å². The van der Waals surface area contributed by atoms with Gasteiger partial charge in [0.2, 0.25) is 5.88 Å². The van der Waals surface area contributed by atoms with Crippen molar-refractivity contribution in [2.75, 3.05) is 24.2 Å². The number of hydrogen-bond donors (Lipinski definition) is 2. The molecule has 0 unspecified atom stereocenters. The van der Waals surface area contributed by atoms with Crippen molar-refractivity contribution < 1.29 is 4.74 Å². The van der Waals surface area contributed by atoms with Gasteiger partial charge in [-0.05, 0) is 23.5 Å². The first-order valence-electron chi connectivity index (χ1n) is 6.41. The van der Waals surface area contributed by atoms with Crippen LogP contribution in [0.25, 0.3) is 0 Å². The van der Waals surface area contributed by atoms with E-state index in [1.165, 1.54) is 0 Å². The van der Waals surface area contributed by atoms with E-state index in [0.29, 0.717) is 24.1 Å². The maximum absolute atomic E-state index is 5.84. The molecule has 0 aliphatic carbocycles. The molecule has 1 rings (SSSR count). The second-order valence-electron chi connectivity index (χ2n) is 6.21. The van der Waals surface area contributed by atoms with E-state index in [2.05, 4.69) is 44.9 Å². The molecular weight excluding hydrogens is 226 g/mol. The van der Waals surface area contributed by atoms with Crippen LogP contribution >= 0.6 is 0 Å². The minimum absolute atomic E-state index is 0.210. The molecule has 4 heteroatoms. The van der Waals surface area contributed by atoms with Crippen LogP contribution in [0.4, 0.5) is 11.5 Å². The fourth-order valence-corrected chi connectivity index (χ4v) is 1.27. The van der Waals surface area contributed by atoms with Gasteiger partial charge < -0.3 is 15.8 Å². The zero-order valence-electron chi connectivity index (χ0n) is 12.1.